The Hall–Kier alpha value is -2.70. The monoisotopic (exact) mass is 247 g/mol. The van der Waals surface area contributed by atoms with Gasteiger partial charge in [-0.15, -0.1) is 0 Å². The molecule has 0 atom stereocenters. The van der Waals surface area contributed by atoms with Crippen LogP contribution in [0.5, 0.6) is 5.75 Å². The number of rotatable bonds is 3. The van der Waals surface area contributed by atoms with E-state index in [0.717, 1.165) is 0 Å². The lowest BCUT2D eigenvalue weighted by atomic mass is 10.2. The molecule has 0 unspecified atom stereocenters. The average Bonchev–Trinajstić information content (AvgIpc) is 2.78. The highest BCUT2D eigenvalue weighted by atomic mass is 16.6. The summed E-state index contributed by atoms with van der Waals surface area (Å²) >= 11 is 0. The molecule has 7 heteroatoms. The fraction of sp³-hybridized carbons (Fsp3) is 0.0909. The number of phenols is 1. The van der Waals surface area contributed by atoms with E-state index in [1.54, 1.807) is 19.1 Å². The minimum Gasteiger partial charge on any atom is -0.502 e. The first-order valence-electron chi connectivity index (χ1n) is 5.06. The molecule has 0 spiro atoms. The van der Waals surface area contributed by atoms with Crippen LogP contribution in [0, 0.1) is 10.1 Å². The number of aromatic nitrogens is 2. The van der Waals surface area contributed by atoms with Gasteiger partial charge in [0.2, 0.25) is 0 Å². The number of nitrogens with zero attached hydrogens (tertiary/aromatic N) is 3. The van der Waals surface area contributed by atoms with Crippen molar-refractivity contribution in [3.63, 3.8) is 0 Å². The van der Waals surface area contributed by atoms with Crippen LogP contribution in [-0.2, 0) is 0 Å². The van der Waals surface area contributed by atoms with Gasteiger partial charge in [0.05, 0.1) is 4.92 Å². The van der Waals surface area contributed by atoms with Gasteiger partial charge in [-0.3, -0.25) is 10.1 Å². The van der Waals surface area contributed by atoms with E-state index < -0.39 is 16.4 Å². The van der Waals surface area contributed by atoms with E-state index in [0.29, 0.717) is 11.4 Å². The summed E-state index contributed by atoms with van der Waals surface area (Å²) in [5.74, 6) is 0.131. The Balaban J connectivity index is 2.44. The molecule has 1 aromatic carbocycles. The Morgan fingerprint density at radius 1 is 1.50 bits per heavy atom. The van der Waals surface area contributed by atoms with Gasteiger partial charge in [0, 0.05) is 11.6 Å². The zero-order valence-electron chi connectivity index (χ0n) is 9.40. The number of allylic oxidation sites excluding steroid dienone is 1. The summed E-state index contributed by atoms with van der Waals surface area (Å²) in [6, 6.07) is 3.87. The van der Waals surface area contributed by atoms with Crippen LogP contribution in [0.1, 0.15) is 12.7 Å². The molecule has 0 fully saturated rings. The fourth-order valence-electron chi connectivity index (χ4n) is 1.37. The Morgan fingerprint density at radius 2 is 2.28 bits per heavy atom. The molecule has 0 radical (unpaired) electrons. The number of nitro benzene ring substituents is 1. The second-order valence-electron chi connectivity index (χ2n) is 3.42. The van der Waals surface area contributed by atoms with Gasteiger partial charge < -0.3 is 9.63 Å². The van der Waals surface area contributed by atoms with Crippen LogP contribution >= 0.6 is 0 Å². The van der Waals surface area contributed by atoms with Crippen LogP contribution in [0.3, 0.4) is 0 Å². The number of aromatic hydroxyl groups is 1. The molecular weight excluding hydrogens is 238 g/mol. The maximum atomic E-state index is 10.7. The predicted octanol–water partition coefficient (Wildman–Crippen LogP) is 2.38. The summed E-state index contributed by atoms with van der Waals surface area (Å²) in [6.07, 6.45) is 3.38. The third-order valence-corrected chi connectivity index (χ3v) is 2.18. The summed E-state index contributed by atoms with van der Waals surface area (Å²) in [5, 5.41) is 23.7. The summed E-state index contributed by atoms with van der Waals surface area (Å²) in [6.45, 7) is 1.81. The molecule has 18 heavy (non-hydrogen) atoms. The summed E-state index contributed by atoms with van der Waals surface area (Å²) in [7, 11) is 0. The van der Waals surface area contributed by atoms with Crippen LogP contribution in [-0.4, -0.2) is 20.2 Å². The third kappa shape index (κ3) is 2.19. The summed E-state index contributed by atoms with van der Waals surface area (Å²) in [4.78, 5) is 14.0. The third-order valence-electron chi connectivity index (χ3n) is 2.18. The Labute approximate surface area is 102 Å². The van der Waals surface area contributed by atoms with Crippen LogP contribution in [0.15, 0.2) is 28.8 Å². The smallest absolute Gasteiger partial charge is 0.311 e. The van der Waals surface area contributed by atoms with Crippen molar-refractivity contribution in [1.29, 1.82) is 0 Å². The minimum absolute atomic E-state index is 0.159. The summed E-state index contributed by atoms with van der Waals surface area (Å²) in [5.41, 5.74) is -0.0268. The van der Waals surface area contributed by atoms with Gasteiger partial charge in [-0.2, -0.15) is 4.98 Å². The van der Waals surface area contributed by atoms with E-state index in [9.17, 15) is 15.2 Å². The molecule has 2 aromatic rings. The molecule has 0 saturated heterocycles. The van der Waals surface area contributed by atoms with Crippen molar-refractivity contribution in [3.05, 3.63) is 40.2 Å². The van der Waals surface area contributed by atoms with Gasteiger partial charge >= 0.3 is 5.69 Å². The zero-order chi connectivity index (χ0) is 13.1. The van der Waals surface area contributed by atoms with Crippen molar-refractivity contribution < 1.29 is 14.6 Å². The van der Waals surface area contributed by atoms with Crippen LogP contribution in [0.4, 0.5) is 5.69 Å². The highest BCUT2D eigenvalue weighted by molar-refractivity contribution is 5.62. The van der Waals surface area contributed by atoms with Crippen molar-refractivity contribution in [3.8, 4) is 17.2 Å². The largest absolute Gasteiger partial charge is 0.502 e. The van der Waals surface area contributed by atoms with E-state index >= 15 is 0 Å². The van der Waals surface area contributed by atoms with Gasteiger partial charge in [0.1, 0.15) is 0 Å². The second-order valence-corrected chi connectivity index (χ2v) is 3.42. The number of hydrogen-bond donors (Lipinski definition) is 1. The topological polar surface area (TPSA) is 102 Å². The van der Waals surface area contributed by atoms with Crippen LogP contribution < -0.4 is 0 Å². The molecule has 1 N–H and O–H groups in total. The number of hydrogen-bond acceptors (Lipinski definition) is 6. The van der Waals surface area contributed by atoms with E-state index in [4.69, 9.17) is 4.52 Å². The zero-order valence-corrected chi connectivity index (χ0v) is 9.40. The van der Waals surface area contributed by atoms with Crippen molar-refractivity contribution in [2.75, 3.05) is 0 Å². The van der Waals surface area contributed by atoms with E-state index in [2.05, 4.69) is 10.1 Å². The Kier molecular flexibility index (Phi) is 3.05. The molecule has 0 aliphatic carbocycles. The molecular formula is C11H9N3O4. The minimum atomic E-state index is -0.679. The predicted molar refractivity (Wildman–Crippen MR) is 62.8 cm³/mol. The first kappa shape index (κ1) is 11.8. The summed E-state index contributed by atoms with van der Waals surface area (Å²) < 4.78 is 4.96. The molecule has 92 valence electrons. The highest BCUT2D eigenvalue weighted by Gasteiger charge is 2.17. The molecule has 7 nitrogen and oxygen atoms in total. The molecule has 0 aliphatic heterocycles. The normalized spacial score (nSPS) is 10.9. The van der Waals surface area contributed by atoms with Gasteiger partial charge in [0.15, 0.2) is 11.6 Å². The van der Waals surface area contributed by atoms with Crippen LogP contribution in [0.25, 0.3) is 17.5 Å². The van der Waals surface area contributed by atoms with Crippen molar-refractivity contribution >= 4 is 11.8 Å². The van der Waals surface area contributed by atoms with Gasteiger partial charge in [-0.25, -0.2) is 0 Å². The van der Waals surface area contributed by atoms with E-state index in [-0.39, 0.29) is 5.89 Å². The highest BCUT2D eigenvalue weighted by Crippen LogP contribution is 2.30. The fourth-order valence-corrected chi connectivity index (χ4v) is 1.37. The maximum Gasteiger partial charge on any atom is 0.311 e. The van der Waals surface area contributed by atoms with Crippen molar-refractivity contribution in [1.82, 2.24) is 10.1 Å². The SMILES string of the molecule is C/C=C\c1noc(-c2ccc(O)c([N+](=O)[O-])c2)n1. The quantitative estimate of drug-likeness (QED) is 0.659. The van der Waals surface area contributed by atoms with Gasteiger partial charge in [-0.05, 0) is 25.1 Å². The molecule has 0 bridgehead atoms. The van der Waals surface area contributed by atoms with Crippen LogP contribution in [0.2, 0.25) is 0 Å². The number of nitro groups is 1. The molecule has 0 aliphatic rings. The van der Waals surface area contributed by atoms with E-state index in [1.165, 1.54) is 18.2 Å². The van der Waals surface area contributed by atoms with Crippen molar-refractivity contribution in [2.24, 2.45) is 0 Å². The lowest BCUT2D eigenvalue weighted by molar-refractivity contribution is -0.385. The average molecular weight is 247 g/mol. The van der Waals surface area contributed by atoms with Gasteiger partial charge in [-0.1, -0.05) is 11.2 Å². The molecule has 0 amide bonds. The molecule has 1 aromatic heterocycles. The molecule has 0 saturated carbocycles. The molecule has 1 heterocycles. The number of benzene rings is 1. The lowest BCUT2D eigenvalue weighted by Gasteiger charge is -1.97. The standard InChI is InChI=1S/C11H9N3O4/c1-2-3-10-12-11(18-13-10)7-4-5-9(15)8(6-7)14(16)17/h2-6,15H,1H3/b3-2-. The van der Waals surface area contributed by atoms with E-state index in [1.807, 2.05) is 0 Å². The lowest BCUT2D eigenvalue weighted by Crippen LogP contribution is -1.89. The molecule has 2 rings (SSSR count). The Morgan fingerprint density at radius 3 is 2.94 bits per heavy atom. The Bertz CT molecular complexity index is 619. The van der Waals surface area contributed by atoms with Gasteiger partial charge in [0.25, 0.3) is 5.89 Å². The first-order chi connectivity index (χ1) is 8.61. The van der Waals surface area contributed by atoms with Crippen molar-refractivity contribution in [2.45, 2.75) is 6.92 Å². The number of phenolic OH excluding ortho intramolecular Hbond substituents is 1. The maximum absolute atomic E-state index is 10.7. The first-order valence-corrected chi connectivity index (χ1v) is 5.06. The second kappa shape index (κ2) is 4.66.